The number of carbonyl (C=O) groups excluding carboxylic acids is 2. The molecular weight excluding hydrogens is 331 g/mol. The monoisotopic (exact) mass is 349 g/mol. The lowest BCUT2D eigenvalue weighted by Crippen LogP contribution is -2.46. The molecule has 0 spiro atoms. The second-order valence-electron chi connectivity index (χ2n) is 4.87. The number of halogens is 3. The van der Waals surface area contributed by atoms with Gasteiger partial charge in [0, 0.05) is 11.4 Å². The first-order chi connectivity index (χ1) is 10.7. The molecule has 0 aliphatic heterocycles. The SMILES string of the molecule is CSc1ccc(CN(C)CC(=O)NC(=O)NCC(F)(F)F)cc1. The Morgan fingerprint density at radius 3 is 2.35 bits per heavy atom. The fourth-order valence-corrected chi connectivity index (χ4v) is 2.14. The molecular formula is C14H18F3N3O2S. The Bertz CT molecular complexity index is 535. The second-order valence-corrected chi connectivity index (χ2v) is 5.75. The molecule has 3 amide bonds. The van der Waals surface area contributed by atoms with Crippen molar-refractivity contribution in [2.24, 2.45) is 0 Å². The van der Waals surface area contributed by atoms with Gasteiger partial charge in [-0.2, -0.15) is 13.2 Å². The predicted molar refractivity (Wildman–Crippen MR) is 82.2 cm³/mol. The van der Waals surface area contributed by atoms with E-state index in [1.807, 2.05) is 35.8 Å². The van der Waals surface area contributed by atoms with E-state index in [1.165, 1.54) is 0 Å². The van der Waals surface area contributed by atoms with Crippen LogP contribution in [-0.4, -0.2) is 49.4 Å². The minimum absolute atomic E-state index is 0.107. The summed E-state index contributed by atoms with van der Waals surface area (Å²) < 4.78 is 35.8. The van der Waals surface area contributed by atoms with Gasteiger partial charge in [0.1, 0.15) is 6.54 Å². The Balaban J connectivity index is 2.36. The minimum atomic E-state index is -4.51. The molecule has 9 heteroatoms. The first-order valence-corrected chi connectivity index (χ1v) is 7.88. The summed E-state index contributed by atoms with van der Waals surface area (Å²) in [6.45, 7) is -1.11. The van der Waals surface area contributed by atoms with E-state index in [-0.39, 0.29) is 6.54 Å². The van der Waals surface area contributed by atoms with Gasteiger partial charge in [-0.05, 0) is 31.0 Å². The van der Waals surface area contributed by atoms with Crippen molar-refractivity contribution in [3.8, 4) is 0 Å². The van der Waals surface area contributed by atoms with Crippen LogP contribution in [-0.2, 0) is 11.3 Å². The fourth-order valence-electron chi connectivity index (χ4n) is 1.73. The van der Waals surface area contributed by atoms with E-state index in [1.54, 1.807) is 29.0 Å². The second kappa shape index (κ2) is 8.78. The van der Waals surface area contributed by atoms with Crippen LogP contribution in [0.4, 0.5) is 18.0 Å². The van der Waals surface area contributed by atoms with E-state index in [0.717, 1.165) is 10.5 Å². The molecule has 0 atom stereocenters. The Hall–Kier alpha value is -1.74. The van der Waals surface area contributed by atoms with Crippen LogP contribution in [0.5, 0.6) is 0 Å². The summed E-state index contributed by atoms with van der Waals surface area (Å²) in [4.78, 5) is 25.5. The Kier molecular flexibility index (Phi) is 7.37. The van der Waals surface area contributed by atoms with Crippen molar-refractivity contribution < 1.29 is 22.8 Å². The third kappa shape index (κ3) is 8.46. The van der Waals surface area contributed by atoms with Gasteiger partial charge >= 0.3 is 12.2 Å². The van der Waals surface area contributed by atoms with Gasteiger partial charge < -0.3 is 5.32 Å². The maximum atomic E-state index is 11.9. The van der Waals surface area contributed by atoms with E-state index < -0.39 is 24.7 Å². The van der Waals surface area contributed by atoms with Crippen molar-refractivity contribution in [2.45, 2.75) is 17.6 Å². The third-order valence-corrected chi connectivity index (χ3v) is 3.47. The van der Waals surface area contributed by atoms with Crippen molar-refractivity contribution in [2.75, 3.05) is 26.4 Å². The molecule has 128 valence electrons. The number of thioether (sulfide) groups is 1. The lowest BCUT2D eigenvalue weighted by Gasteiger charge is -2.16. The number of hydrogen-bond acceptors (Lipinski definition) is 4. The third-order valence-electron chi connectivity index (χ3n) is 2.73. The van der Waals surface area contributed by atoms with Gasteiger partial charge in [-0.25, -0.2) is 4.79 Å². The van der Waals surface area contributed by atoms with Crippen molar-refractivity contribution in [3.05, 3.63) is 29.8 Å². The van der Waals surface area contributed by atoms with Crippen LogP contribution >= 0.6 is 11.8 Å². The van der Waals surface area contributed by atoms with Crippen LogP contribution < -0.4 is 10.6 Å². The quantitative estimate of drug-likeness (QED) is 0.773. The predicted octanol–water partition coefficient (Wildman–Crippen LogP) is 2.23. The lowest BCUT2D eigenvalue weighted by atomic mass is 10.2. The molecule has 0 saturated carbocycles. The number of rotatable bonds is 6. The van der Waals surface area contributed by atoms with E-state index in [0.29, 0.717) is 6.54 Å². The molecule has 5 nitrogen and oxygen atoms in total. The van der Waals surface area contributed by atoms with E-state index >= 15 is 0 Å². The molecule has 0 heterocycles. The summed E-state index contributed by atoms with van der Waals surface area (Å²) >= 11 is 1.62. The van der Waals surface area contributed by atoms with E-state index in [4.69, 9.17) is 0 Å². The molecule has 1 rings (SSSR count). The van der Waals surface area contributed by atoms with Crippen molar-refractivity contribution >= 4 is 23.7 Å². The topological polar surface area (TPSA) is 61.4 Å². The number of carbonyl (C=O) groups is 2. The number of hydrogen-bond donors (Lipinski definition) is 2. The summed E-state index contributed by atoms with van der Waals surface area (Å²) in [5.41, 5.74) is 0.986. The lowest BCUT2D eigenvalue weighted by molar-refractivity contribution is -0.125. The maximum absolute atomic E-state index is 11.9. The first kappa shape index (κ1) is 19.3. The number of urea groups is 1. The Morgan fingerprint density at radius 1 is 1.22 bits per heavy atom. The number of alkyl halides is 3. The van der Waals surface area contributed by atoms with Crippen LogP contribution in [0.25, 0.3) is 0 Å². The van der Waals surface area contributed by atoms with Crippen LogP contribution in [0.1, 0.15) is 5.56 Å². The number of amides is 3. The smallest absolute Gasteiger partial charge is 0.329 e. The summed E-state index contributed by atoms with van der Waals surface area (Å²) in [5, 5.41) is 3.43. The maximum Gasteiger partial charge on any atom is 0.405 e. The number of nitrogens with one attached hydrogen (secondary N) is 2. The van der Waals surface area contributed by atoms with Gasteiger partial charge in [-0.1, -0.05) is 12.1 Å². The number of imide groups is 1. The number of nitrogens with zero attached hydrogens (tertiary/aromatic N) is 1. The zero-order valence-electron chi connectivity index (χ0n) is 12.7. The summed E-state index contributed by atoms with van der Waals surface area (Å²) in [7, 11) is 1.68. The largest absolute Gasteiger partial charge is 0.405 e. The highest BCUT2D eigenvalue weighted by molar-refractivity contribution is 7.98. The number of benzene rings is 1. The Morgan fingerprint density at radius 2 is 1.83 bits per heavy atom. The number of likely N-dealkylation sites (N-methyl/N-ethyl adjacent to an activating group) is 1. The molecule has 23 heavy (non-hydrogen) atoms. The molecule has 0 fully saturated rings. The highest BCUT2D eigenvalue weighted by atomic mass is 32.2. The van der Waals surface area contributed by atoms with Gasteiger partial charge in [0.2, 0.25) is 5.91 Å². The molecule has 0 aromatic heterocycles. The normalized spacial score (nSPS) is 11.4. The van der Waals surface area contributed by atoms with Crippen molar-refractivity contribution in [3.63, 3.8) is 0 Å². The highest BCUT2D eigenvalue weighted by Gasteiger charge is 2.28. The standard InChI is InChI=1S/C14H18F3N3O2S/c1-20(7-10-3-5-11(23-2)6-4-10)8-12(21)19-13(22)18-9-14(15,16)17/h3-6H,7-9H2,1-2H3,(H2,18,19,21,22). The van der Waals surface area contributed by atoms with Crippen LogP contribution in [0.15, 0.2) is 29.2 Å². The van der Waals surface area contributed by atoms with Gasteiger partial charge in [0.05, 0.1) is 6.54 Å². The molecule has 0 bridgehead atoms. The fraction of sp³-hybridized carbons (Fsp3) is 0.429. The average molecular weight is 349 g/mol. The van der Waals surface area contributed by atoms with Gasteiger partial charge in [-0.3, -0.25) is 15.0 Å². The molecule has 0 aliphatic rings. The van der Waals surface area contributed by atoms with Crippen molar-refractivity contribution in [1.82, 2.24) is 15.5 Å². The molecule has 0 unspecified atom stereocenters. The summed E-state index contributed by atoms with van der Waals surface area (Å²) in [6, 6.07) is 6.61. The Labute approximate surface area is 136 Å². The first-order valence-electron chi connectivity index (χ1n) is 6.65. The van der Waals surface area contributed by atoms with E-state index in [9.17, 15) is 22.8 Å². The molecule has 2 N–H and O–H groups in total. The summed E-state index contributed by atoms with van der Waals surface area (Å²) in [5.74, 6) is -0.673. The van der Waals surface area contributed by atoms with Crippen LogP contribution in [0.2, 0.25) is 0 Å². The van der Waals surface area contributed by atoms with Crippen LogP contribution in [0.3, 0.4) is 0 Å². The van der Waals surface area contributed by atoms with E-state index in [2.05, 4.69) is 0 Å². The minimum Gasteiger partial charge on any atom is -0.329 e. The zero-order chi connectivity index (χ0) is 17.5. The van der Waals surface area contributed by atoms with Crippen LogP contribution in [0, 0.1) is 0 Å². The highest BCUT2D eigenvalue weighted by Crippen LogP contribution is 2.15. The average Bonchev–Trinajstić information content (AvgIpc) is 2.45. The molecule has 1 aromatic rings. The molecule has 1 aromatic carbocycles. The molecule has 0 aliphatic carbocycles. The van der Waals surface area contributed by atoms with Gasteiger partial charge in [0.15, 0.2) is 0 Å². The summed E-state index contributed by atoms with van der Waals surface area (Å²) in [6.07, 6.45) is -2.55. The molecule has 0 radical (unpaired) electrons. The van der Waals surface area contributed by atoms with Gasteiger partial charge in [-0.15, -0.1) is 11.8 Å². The van der Waals surface area contributed by atoms with Crippen molar-refractivity contribution in [1.29, 1.82) is 0 Å². The zero-order valence-corrected chi connectivity index (χ0v) is 13.6. The van der Waals surface area contributed by atoms with Gasteiger partial charge in [0.25, 0.3) is 0 Å². The molecule has 0 saturated heterocycles.